The van der Waals surface area contributed by atoms with E-state index in [4.69, 9.17) is 23.2 Å². The summed E-state index contributed by atoms with van der Waals surface area (Å²) in [7, 11) is 0. The first-order valence-corrected chi connectivity index (χ1v) is 6.62. The summed E-state index contributed by atoms with van der Waals surface area (Å²) < 4.78 is 0. The number of aliphatic hydroxyl groups is 1. The third-order valence-electron chi connectivity index (χ3n) is 3.19. The highest BCUT2D eigenvalue weighted by Gasteiger charge is 2.23. The van der Waals surface area contributed by atoms with E-state index in [0.29, 0.717) is 0 Å². The second-order valence-electron chi connectivity index (χ2n) is 4.32. The standard InChI is InChI=1S/C12H16Cl2N2O2.ClH/c13-9-5-8(6-10(14)12(9)18)11(7-17)16-3-1-15-2-4-16;/h5-6,11,15,17-18H,1-4,7H2;1H/t11-;/m1./s1. The highest BCUT2D eigenvalue weighted by molar-refractivity contribution is 6.37. The van der Waals surface area contributed by atoms with Crippen molar-refractivity contribution in [1.29, 1.82) is 0 Å². The first-order valence-electron chi connectivity index (χ1n) is 5.87. The molecule has 0 aliphatic carbocycles. The number of benzene rings is 1. The Kier molecular flexibility index (Phi) is 6.66. The molecule has 0 saturated carbocycles. The Morgan fingerprint density at radius 2 is 1.74 bits per heavy atom. The zero-order chi connectivity index (χ0) is 13.1. The Hall–Kier alpha value is -0.230. The molecule has 0 amide bonds. The predicted molar refractivity (Wildman–Crippen MR) is 79.6 cm³/mol. The van der Waals surface area contributed by atoms with Crippen LogP contribution in [0.25, 0.3) is 0 Å². The largest absolute Gasteiger partial charge is 0.505 e. The topological polar surface area (TPSA) is 55.7 Å². The van der Waals surface area contributed by atoms with Gasteiger partial charge in [-0.1, -0.05) is 23.2 Å². The van der Waals surface area contributed by atoms with E-state index in [1.807, 2.05) is 0 Å². The maximum atomic E-state index is 9.57. The minimum absolute atomic E-state index is 0. The fourth-order valence-electron chi connectivity index (χ4n) is 2.20. The molecular weight excluding hydrogens is 311 g/mol. The van der Waals surface area contributed by atoms with Crippen molar-refractivity contribution in [3.63, 3.8) is 0 Å². The number of aliphatic hydroxyl groups excluding tert-OH is 1. The number of rotatable bonds is 3. The molecule has 1 aromatic rings. The summed E-state index contributed by atoms with van der Waals surface area (Å²) in [4.78, 5) is 2.18. The fraction of sp³-hybridized carbons (Fsp3) is 0.500. The Morgan fingerprint density at radius 3 is 2.21 bits per heavy atom. The number of hydrogen-bond donors (Lipinski definition) is 3. The molecule has 1 saturated heterocycles. The van der Waals surface area contributed by atoms with E-state index in [2.05, 4.69) is 10.2 Å². The summed E-state index contributed by atoms with van der Waals surface area (Å²) >= 11 is 11.8. The highest BCUT2D eigenvalue weighted by Crippen LogP contribution is 2.35. The molecule has 0 unspecified atom stereocenters. The number of aromatic hydroxyl groups is 1. The first-order chi connectivity index (χ1) is 8.63. The molecule has 1 atom stereocenters. The van der Waals surface area contributed by atoms with Gasteiger partial charge < -0.3 is 15.5 Å². The van der Waals surface area contributed by atoms with E-state index in [0.717, 1.165) is 31.7 Å². The average Bonchev–Trinajstić information content (AvgIpc) is 2.38. The number of phenols is 1. The van der Waals surface area contributed by atoms with E-state index >= 15 is 0 Å². The SMILES string of the molecule is Cl.OC[C@H](c1cc(Cl)c(O)c(Cl)c1)N1CCNCC1. The number of piperazine rings is 1. The van der Waals surface area contributed by atoms with Crippen molar-refractivity contribution in [3.8, 4) is 5.75 Å². The lowest BCUT2D eigenvalue weighted by Crippen LogP contribution is -2.46. The van der Waals surface area contributed by atoms with Gasteiger partial charge >= 0.3 is 0 Å². The van der Waals surface area contributed by atoms with Crippen LogP contribution in [0.4, 0.5) is 0 Å². The second kappa shape index (κ2) is 7.53. The van der Waals surface area contributed by atoms with Gasteiger partial charge in [-0.15, -0.1) is 12.4 Å². The number of hydrogen-bond acceptors (Lipinski definition) is 4. The number of nitrogens with one attached hydrogen (secondary N) is 1. The molecule has 0 bridgehead atoms. The van der Waals surface area contributed by atoms with Crippen LogP contribution in [0.5, 0.6) is 5.75 Å². The van der Waals surface area contributed by atoms with Gasteiger partial charge in [0.2, 0.25) is 0 Å². The van der Waals surface area contributed by atoms with Crippen LogP contribution in [0.3, 0.4) is 0 Å². The molecule has 4 nitrogen and oxygen atoms in total. The van der Waals surface area contributed by atoms with Gasteiger partial charge in [-0.3, -0.25) is 4.90 Å². The molecular formula is C12H17Cl3N2O2. The summed E-state index contributed by atoms with van der Waals surface area (Å²) in [6, 6.07) is 3.18. The van der Waals surface area contributed by atoms with Gasteiger partial charge in [0, 0.05) is 26.2 Å². The summed E-state index contributed by atoms with van der Waals surface area (Å²) in [5.74, 6) is -0.112. The summed E-state index contributed by atoms with van der Waals surface area (Å²) in [6.07, 6.45) is 0. The van der Waals surface area contributed by atoms with Gasteiger partial charge in [0.25, 0.3) is 0 Å². The van der Waals surface area contributed by atoms with Crippen LogP contribution in [-0.2, 0) is 0 Å². The van der Waals surface area contributed by atoms with Crippen molar-refractivity contribution in [1.82, 2.24) is 10.2 Å². The van der Waals surface area contributed by atoms with E-state index < -0.39 is 0 Å². The van der Waals surface area contributed by atoms with Crippen molar-refractivity contribution in [2.45, 2.75) is 6.04 Å². The molecule has 1 aliphatic rings. The summed E-state index contributed by atoms with van der Waals surface area (Å²) in [6.45, 7) is 3.52. The smallest absolute Gasteiger partial charge is 0.152 e. The second-order valence-corrected chi connectivity index (χ2v) is 5.13. The first kappa shape index (κ1) is 16.8. The van der Waals surface area contributed by atoms with Crippen LogP contribution in [0.15, 0.2) is 12.1 Å². The molecule has 1 fully saturated rings. The van der Waals surface area contributed by atoms with Crippen LogP contribution in [0.2, 0.25) is 10.0 Å². The lowest BCUT2D eigenvalue weighted by molar-refractivity contribution is 0.111. The number of halogens is 3. The van der Waals surface area contributed by atoms with Gasteiger partial charge in [-0.05, 0) is 17.7 Å². The third-order valence-corrected chi connectivity index (χ3v) is 3.77. The maximum absolute atomic E-state index is 9.57. The van der Waals surface area contributed by atoms with Crippen LogP contribution in [-0.4, -0.2) is 47.9 Å². The molecule has 108 valence electrons. The quantitative estimate of drug-likeness (QED) is 0.795. The molecule has 1 aromatic carbocycles. The normalized spacial score (nSPS) is 17.8. The van der Waals surface area contributed by atoms with Crippen LogP contribution < -0.4 is 5.32 Å². The molecule has 2 rings (SSSR count). The minimum atomic E-state index is -0.136. The zero-order valence-electron chi connectivity index (χ0n) is 10.3. The number of phenolic OH excluding ortho intramolecular Hbond substituents is 1. The Bertz CT molecular complexity index is 402. The van der Waals surface area contributed by atoms with Crippen molar-refractivity contribution >= 4 is 35.6 Å². The van der Waals surface area contributed by atoms with Gasteiger partial charge in [0.15, 0.2) is 5.75 Å². The van der Waals surface area contributed by atoms with Gasteiger partial charge in [-0.25, -0.2) is 0 Å². The molecule has 19 heavy (non-hydrogen) atoms. The van der Waals surface area contributed by atoms with E-state index in [9.17, 15) is 10.2 Å². The Morgan fingerprint density at radius 1 is 1.21 bits per heavy atom. The van der Waals surface area contributed by atoms with Crippen molar-refractivity contribution in [2.75, 3.05) is 32.8 Å². The molecule has 0 aromatic heterocycles. The molecule has 1 aliphatic heterocycles. The van der Waals surface area contributed by atoms with Crippen molar-refractivity contribution in [2.24, 2.45) is 0 Å². The van der Waals surface area contributed by atoms with E-state index in [1.54, 1.807) is 12.1 Å². The highest BCUT2D eigenvalue weighted by atomic mass is 35.5. The predicted octanol–water partition coefficient (Wildman–Crippen LogP) is 2.06. The summed E-state index contributed by atoms with van der Waals surface area (Å²) in [5.41, 5.74) is 0.826. The third kappa shape index (κ3) is 3.88. The van der Waals surface area contributed by atoms with Gasteiger partial charge in [0.1, 0.15) is 0 Å². The molecule has 3 N–H and O–H groups in total. The monoisotopic (exact) mass is 326 g/mol. The fourth-order valence-corrected chi connectivity index (χ4v) is 2.71. The van der Waals surface area contributed by atoms with E-state index in [1.165, 1.54) is 0 Å². The molecule has 1 heterocycles. The maximum Gasteiger partial charge on any atom is 0.152 e. The number of nitrogens with zero attached hydrogens (tertiary/aromatic N) is 1. The van der Waals surface area contributed by atoms with Gasteiger partial charge in [-0.2, -0.15) is 0 Å². The summed E-state index contributed by atoms with van der Waals surface area (Å²) in [5, 5.41) is 22.8. The Balaban J connectivity index is 0.00000180. The van der Waals surface area contributed by atoms with Crippen molar-refractivity contribution < 1.29 is 10.2 Å². The van der Waals surface area contributed by atoms with Crippen LogP contribution in [0, 0.1) is 0 Å². The van der Waals surface area contributed by atoms with Gasteiger partial charge in [0.05, 0.1) is 22.7 Å². The lowest BCUT2D eigenvalue weighted by Gasteiger charge is -2.34. The minimum Gasteiger partial charge on any atom is -0.505 e. The van der Waals surface area contributed by atoms with Crippen molar-refractivity contribution in [3.05, 3.63) is 27.7 Å². The molecule has 0 radical (unpaired) electrons. The van der Waals surface area contributed by atoms with Crippen LogP contribution in [0.1, 0.15) is 11.6 Å². The zero-order valence-corrected chi connectivity index (χ0v) is 12.6. The molecule has 7 heteroatoms. The van der Waals surface area contributed by atoms with Crippen LogP contribution >= 0.6 is 35.6 Å². The average molecular weight is 328 g/mol. The molecule has 0 spiro atoms. The Labute approximate surface area is 128 Å². The lowest BCUT2D eigenvalue weighted by atomic mass is 10.0. The van der Waals surface area contributed by atoms with E-state index in [-0.39, 0.29) is 40.9 Å².